The fourth-order valence-corrected chi connectivity index (χ4v) is 3.43. The van der Waals surface area contributed by atoms with Gasteiger partial charge in [0.1, 0.15) is 23.0 Å². The van der Waals surface area contributed by atoms with Crippen molar-refractivity contribution in [2.75, 3.05) is 5.32 Å². The van der Waals surface area contributed by atoms with Crippen LogP contribution in [0.15, 0.2) is 54.6 Å². The minimum atomic E-state index is -1.24. The van der Waals surface area contributed by atoms with Crippen molar-refractivity contribution in [2.24, 2.45) is 0 Å². The second-order valence-electron chi connectivity index (χ2n) is 10.3. The highest BCUT2D eigenvalue weighted by atomic mass is 16.6. The zero-order valence-electron chi connectivity index (χ0n) is 20.9. The number of hydrogen-bond donors (Lipinski definition) is 2. The van der Waals surface area contributed by atoms with E-state index in [0.29, 0.717) is 16.6 Å². The molecule has 3 rings (SSSR count). The molecule has 0 fully saturated rings. The molecule has 8 nitrogen and oxygen atoms in total. The van der Waals surface area contributed by atoms with Crippen molar-refractivity contribution < 1.29 is 29.0 Å². The van der Waals surface area contributed by atoms with Gasteiger partial charge in [-0.1, -0.05) is 30.3 Å². The summed E-state index contributed by atoms with van der Waals surface area (Å²) in [5, 5.41) is 13.5. The standard InChI is InChI=1S/C27H32N2O6/c1-26(2,3)34-24(32)21-16-18-15-19(12-13-20(18)29(21)25(33)35-27(4,5)6)28-23(31)22(30)14-17-10-8-7-9-11-17/h7-13,15-16,22,30H,14H2,1-6H3,(H,28,31)/t22-/m1/s1. The van der Waals surface area contributed by atoms with Crippen LogP contribution in [-0.4, -0.2) is 44.9 Å². The van der Waals surface area contributed by atoms with Crippen molar-refractivity contribution in [1.82, 2.24) is 4.57 Å². The maximum absolute atomic E-state index is 13.0. The van der Waals surface area contributed by atoms with Gasteiger partial charge < -0.3 is 19.9 Å². The summed E-state index contributed by atoms with van der Waals surface area (Å²) in [5.41, 5.74) is 0.135. The Bertz CT molecular complexity index is 1230. The molecule has 186 valence electrons. The summed E-state index contributed by atoms with van der Waals surface area (Å²) in [6, 6.07) is 15.5. The molecule has 3 aromatic rings. The van der Waals surface area contributed by atoms with E-state index in [0.717, 1.165) is 5.56 Å². The number of esters is 1. The van der Waals surface area contributed by atoms with Gasteiger partial charge in [0.2, 0.25) is 0 Å². The highest BCUT2D eigenvalue weighted by Crippen LogP contribution is 2.27. The minimum absolute atomic E-state index is 0.0109. The molecule has 0 bridgehead atoms. The van der Waals surface area contributed by atoms with Crippen LogP contribution in [-0.2, 0) is 20.7 Å². The molecule has 1 amide bonds. The number of nitrogens with zero attached hydrogens (tertiary/aromatic N) is 1. The van der Waals surface area contributed by atoms with Crippen LogP contribution in [0.1, 0.15) is 57.6 Å². The topological polar surface area (TPSA) is 107 Å². The lowest BCUT2D eigenvalue weighted by molar-refractivity contribution is -0.123. The lowest BCUT2D eigenvalue weighted by Gasteiger charge is -2.22. The summed E-state index contributed by atoms with van der Waals surface area (Å²) in [4.78, 5) is 38.4. The molecule has 2 N–H and O–H groups in total. The molecule has 2 aromatic carbocycles. The predicted octanol–water partition coefficient (Wildman–Crippen LogP) is 4.92. The number of hydrogen-bond acceptors (Lipinski definition) is 6. The molecule has 1 heterocycles. The SMILES string of the molecule is CC(C)(C)OC(=O)c1cc2cc(NC(=O)[C@H](O)Cc3ccccc3)ccc2n1C(=O)OC(C)(C)C. The molecule has 0 unspecified atom stereocenters. The number of fused-ring (bicyclic) bond motifs is 1. The van der Waals surface area contributed by atoms with E-state index >= 15 is 0 Å². The number of rotatable bonds is 5. The maximum Gasteiger partial charge on any atom is 0.419 e. The molecule has 0 radical (unpaired) electrons. The van der Waals surface area contributed by atoms with Crippen LogP contribution in [0.5, 0.6) is 0 Å². The Hall–Kier alpha value is -3.65. The van der Waals surface area contributed by atoms with Gasteiger partial charge in [-0.3, -0.25) is 4.79 Å². The van der Waals surface area contributed by atoms with E-state index in [1.54, 1.807) is 59.7 Å². The smallest absolute Gasteiger partial charge is 0.419 e. The highest BCUT2D eigenvalue weighted by Gasteiger charge is 2.28. The van der Waals surface area contributed by atoms with Crippen molar-refractivity contribution in [3.8, 4) is 0 Å². The molecular formula is C27H32N2O6. The number of amides is 1. The van der Waals surface area contributed by atoms with Gasteiger partial charge >= 0.3 is 12.1 Å². The molecule has 0 aliphatic heterocycles. The van der Waals surface area contributed by atoms with Gasteiger partial charge in [-0.25, -0.2) is 14.2 Å². The molecular weight excluding hydrogens is 448 g/mol. The first kappa shape index (κ1) is 26.0. The van der Waals surface area contributed by atoms with Crippen molar-refractivity contribution in [1.29, 1.82) is 0 Å². The van der Waals surface area contributed by atoms with E-state index in [2.05, 4.69) is 5.32 Å². The number of nitrogens with one attached hydrogen (secondary N) is 1. The summed E-state index contributed by atoms with van der Waals surface area (Å²) < 4.78 is 12.2. The number of aliphatic hydroxyl groups excluding tert-OH is 1. The Labute approximate surface area is 204 Å². The van der Waals surface area contributed by atoms with E-state index in [-0.39, 0.29) is 12.1 Å². The number of carbonyl (C=O) groups is 3. The zero-order chi connectivity index (χ0) is 26.0. The molecule has 0 saturated carbocycles. The molecule has 8 heteroatoms. The third-order valence-corrected chi connectivity index (χ3v) is 4.83. The zero-order valence-corrected chi connectivity index (χ0v) is 20.9. The van der Waals surface area contributed by atoms with Crippen LogP contribution in [0.3, 0.4) is 0 Å². The number of aromatic nitrogens is 1. The lowest BCUT2D eigenvalue weighted by atomic mass is 10.1. The summed E-state index contributed by atoms with van der Waals surface area (Å²) in [7, 11) is 0. The van der Waals surface area contributed by atoms with Crippen LogP contribution >= 0.6 is 0 Å². The molecule has 0 aliphatic rings. The quantitative estimate of drug-likeness (QED) is 0.502. The Morgan fingerprint density at radius 2 is 1.54 bits per heavy atom. The van der Waals surface area contributed by atoms with E-state index in [1.165, 1.54) is 10.6 Å². The van der Waals surface area contributed by atoms with E-state index in [4.69, 9.17) is 9.47 Å². The minimum Gasteiger partial charge on any atom is -0.455 e. The summed E-state index contributed by atoms with van der Waals surface area (Å²) in [6.07, 6.45) is -1.78. The number of benzene rings is 2. The number of carbonyl (C=O) groups excluding carboxylic acids is 3. The van der Waals surface area contributed by atoms with Gasteiger partial charge in [-0.15, -0.1) is 0 Å². The number of aliphatic hydroxyl groups is 1. The lowest BCUT2D eigenvalue weighted by Crippen LogP contribution is -2.31. The Kier molecular flexibility index (Phi) is 7.36. The number of ether oxygens (including phenoxy) is 2. The third kappa shape index (κ3) is 6.93. The van der Waals surface area contributed by atoms with E-state index in [9.17, 15) is 19.5 Å². The van der Waals surface area contributed by atoms with Crippen LogP contribution in [0.4, 0.5) is 10.5 Å². The molecule has 35 heavy (non-hydrogen) atoms. The Balaban J connectivity index is 1.91. The van der Waals surface area contributed by atoms with Gasteiger partial charge in [-0.2, -0.15) is 0 Å². The van der Waals surface area contributed by atoms with E-state index in [1.807, 2.05) is 30.3 Å². The summed E-state index contributed by atoms with van der Waals surface area (Å²) in [6.45, 7) is 10.4. The molecule has 0 spiro atoms. The second kappa shape index (κ2) is 9.92. The monoisotopic (exact) mass is 480 g/mol. The van der Waals surface area contributed by atoms with Crippen molar-refractivity contribution in [2.45, 2.75) is 65.3 Å². The van der Waals surface area contributed by atoms with E-state index < -0.39 is 35.3 Å². The molecule has 1 atom stereocenters. The van der Waals surface area contributed by atoms with Gasteiger partial charge in [0, 0.05) is 17.5 Å². The highest BCUT2D eigenvalue weighted by molar-refractivity contribution is 6.03. The fourth-order valence-electron chi connectivity index (χ4n) is 3.43. The summed E-state index contributed by atoms with van der Waals surface area (Å²) in [5.74, 6) is -1.24. The average molecular weight is 481 g/mol. The first-order valence-electron chi connectivity index (χ1n) is 11.4. The van der Waals surface area contributed by atoms with Crippen molar-refractivity contribution in [3.05, 3.63) is 65.9 Å². The van der Waals surface area contributed by atoms with Gasteiger partial charge in [0.15, 0.2) is 0 Å². The molecule has 0 saturated heterocycles. The van der Waals surface area contributed by atoms with Crippen LogP contribution in [0, 0.1) is 0 Å². The normalized spacial score (nSPS) is 12.8. The van der Waals surface area contributed by atoms with Crippen LogP contribution in [0.25, 0.3) is 10.9 Å². The largest absolute Gasteiger partial charge is 0.455 e. The number of anilines is 1. The predicted molar refractivity (Wildman–Crippen MR) is 134 cm³/mol. The first-order valence-corrected chi connectivity index (χ1v) is 11.4. The Morgan fingerprint density at radius 3 is 2.14 bits per heavy atom. The molecule has 0 aliphatic carbocycles. The van der Waals surface area contributed by atoms with Crippen LogP contribution < -0.4 is 5.32 Å². The molecule has 1 aromatic heterocycles. The van der Waals surface area contributed by atoms with Gasteiger partial charge in [0.05, 0.1) is 5.52 Å². The third-order valence-electron chi connectivity index (χ3n) is 4.83. The second-order valence-corrected chi connectivity index (χ2v) is 10.3. The van der Waals surface area contributed by atoms with Crippen LogP contribution in [0.2, 0.25) is 0 Å². The summed E-state index contributed by atoms with van der Waals surface area (Å²) >= 11 is 0. The fraction of sp³-hybridized carbons (Fsp3) is 0.370. The van der Waals surface area contributed by atoms with Gasteiger partial charge in [0.25, 0.3) is 5.91 Å². The maximum atomic E-state index is 13.0. The Morgan fingerprint density at radius 1 is 0.914 bits per heavy atom. The average Bonchev–Trinajstić information content (AvgIpc) is 3.11. The van der Waals surface area contributed by atoms with Gasteiger partial charge in [-0.05, 0) is 71.4 Å². The van der Waals surface area contributed by atoms with Crippen molar-refractivity contribution in [3.63, 3.8) is 0 Å². The van der Waals surface area contributed by atoms with Crippen molar-refractivity contribution >= 4 is 34.6 Å². The first-order chi connectivity index (χ1) is 16.2.